The van der Waals surface area contributed by atoms with Crippen LogP contribution in [0.15, 0.2) is 54.7 Å². The lowest BCUT2D eigenvalue weighted by atomic mass is 9.88. The van der Waals surface area contributed by atoms with Crippen LogP contribution in [0.4, 0.5) is 19.5 Å². The van der Waals surface area contributed by atoms with Crippen molar-refractivity contribution in [2.24, 2.45) is 0 Å². The van der Waals surface area contributed by atoms with Gasteiger partial charge in [0, 0.05) is 19.2 Å². The van der Waals surface area contributed by atoms with Gasteiger partial charge in [-0.05, 0) is 44.9 Å². The average Bonchev–Trinajstić information content (AvgIpc) is 3.31. The Hall–Kier alpha value is -4.28. The first kappa shape index (κ1) is 25.0. The lowest BCUT2D eigenvalue weighted by molar-refractivity contribution is 0.00825. The van der Waals surface area contributed by atoms with Crippen molar-refractivity contribution in [2.45, 2.75) is 51.5 Å². The van der Waals surface area contributed by atoms with Gasteiger partial charge in [-0.25, -0.2) is 18.3 Å². The van der Waals surface area contributed by atoms with E-state index in [4.69, 9.17) is 19.4 Å². The number of hydrogen-bond donors (Lipinski definition) is 0. The lowest BCUT2D eigenvalue weighted by Gasteiger charge is -2.55. The van der Waals surface area contributed by atoms with Gasteiger partial charge in [0.2, 0.25) is 11.8 Å². The van der Waals surface area contributed by atoms with E-state index in [9.17, 15) is 13.6 Å². The second-order valence-electron chi connectivity index (χ2n) is 10.8. The summed E-state index contributed by atoms with van der Waals surface area (Å²) < 4.78 is 41.4. The molecule has 9 nitrogen and oxygen atoms in total. The molecule has 4 aromatic rings. The number of benzene rings is 2. The highest BCUT2D eigenvalue weighted by molar-refractivity contribution is 5.83. The smallest absolute Gasteiger partial charge is 0.410 e. The molecular weight excluding hydrogens is 506 g/mol. The number of carbonyl (C=O) groups is 1. The van der Waals surface area contributed by atoms with Crippen LogP contribution >= 0.6 is 0 Å². The van der Waals surface area contributed by atoms with Crippen LogP contribution in [0.25, 0.3) is 16.7 Å². The molecule has 2 bridgehead atoms. The normalized spacial score (nSPS) is 18.7. The van der Waals surface area contributed by atoms with Gasteiger partial charge in [0.1, 0.15) is 29.1 Å². The van der Waals surface area contributed by atoms with Crippen molar-refractivity contribution in [1.82, 2.24) is 24.6 Å². The zero-order valence-corrected chi connectivity index (χ0v) is 21.8. The van der Waals surface area contributed by atoms with Gasteiger partial charge in [0.15, 0.2) is 11.5 Å². The second-order valence-corrected chi connectivity index (χ2v) is 10.8. The molecular formula is C28H28F2N6O3. The summed E-state index contributed by atoms with van der Waals surface area (Å²) in [5, 5.41) is 4.84. The van der Waals surface area contributed by atoms with E-state index >= 15 is 0 Å². The highest BCUT2D eigenvalue weighted by Gasteiger charge is 2.48. The molecule has 2 aromatic carbocycles. The number of fused-ring (bicyclic) bond motifs is 3. The molecule has 3 aliphatic heterocycles. The van der Waals surface area contributed by atoms with E-state index in [1.165, 1.54) is 23.0 Å². The van der Waals surface area contributed by atoms with Gasteiger partial charge in [0.05, 0.1) is 18.3 Å². The molecule has 7 rings (SSSR count). The topological polar surface area (TPSA) is 85.6 Å². The molecule has 202 valence electrons. The number of aromatic nitrogens is 4. The SMILES string of the molecule is CC(C)(C)OC(=O)N1CC2CC(C1)N2c1nc(OCc2ccccc2)c2cnn(-c3ccc(F)cc3F)c2n1. The molecule has 3 aliphatic rings. The van der Waals surface area contributed by atoms with Gasteiger partial charge >= 0.3 is 6.09 Å². The summed E-state index contributed by atoms with van der Waals surface area (Å²) in [6, 6.07) is 13.0. The number of ether oxygens (including phenoxy) is 2. The zero-order chi connectivity index (χ0) is 27.3. The molecule has 0 spiro atoms. The maximum absolute atomic E-state index is 14.7. The highest BCUT2D eigenvalue weighted by atomic mass is 19.1. The first-order valence-corrected chi connectivity index (χ1v) is 12.8. The number of amides is 1. The Balaban J connectivity index is 1.35. The Morgan fingerprint density at radius 1 is 1.05 bits per heavy atom. The summed E-state index contributed by atoms with van der Waals surface area (Å²) in [4.78, 5) is 25.9. The number of piperazine rings is 1. The molecule has 1 amide bonds. The molecule has 2 unspecified atom stereocenters. The van der Waals surface area contributed by atoms with Crippen molar-refractivity contribution in [3.63, 3.8) is 0 Å². The minimum atomic E-state index is -0.763. The second kappa shape index (κ2) is 9.48. The Kier molecular flexibility index (Phi) is 6.08. The van der Waals surface area contributed by atoms with Crippen molar-refractivity contribution >= 4 is 23.1 Å². The van der Waals surface area contributed by atoms with Gasteiger partial charge in [-0.3, -0.25) is 0 Å². The summed E-state index contributed by atoms with van der Waals surface area (Å²) in [6.07, 6.45) is 2.06. The Morgan fingerprint density at radius 2 is 1.79 bits per heavy atom. The van der Waals surface area contributed by atoms with E-state index in [0.717, 1.165) is 18.1 Å². The van der Waals surface area contributed by atoms with Crippen LogP contribution < -0.4 is 9.64 Å². The quantitative estimate of drug-likeness (QED) is 0.361. The fraction of sp³-hybridized carbons (Fsp3) is 0.357. The summed E-state index contributed by atoms with van der Waals surface area (Å²) in [5.74, 6) is -0.736. The van der Waals surface area contributed by atoms with Crippen LogP contribution in [0.1, 0.15) is 32.8 Å². The molecule has 0 N–H and O–H groups in total. The van der Waals surface area contributed by atoms with Crippen molar-refractivity contribution in [3.05, 3.63) is 71.9 Å². The van der Waals surface area contributed by atoms with E-state index < -0.39 is 17.2 Å². The van der Waals surface area contributed by atoms with Crippen molar-refractivity contribution in [3.8, 4) is 11.6 Å². The first-order valence-electron chi connectivity index (χ1n) is 12.8. The Morgan fingerprint density at radius 3 is 2.49 bits per heavy atom. The molecule has 0 radical (unpaired) electrons. The van der Waals surface area contributed by atoms with Crippen LogP contribution in [0.2, 0.25) is 0 Å². The van der Waals surface area contributed by atoms with E-state index in [2.05, 4.69) is 10.00 Å². The van der Waals surface area contributed by atoms with Crippen LogP contribution in [0.5, 0.6) is 5.88 Å². The summed E-state index contributed by atoms with van der Waals surface area (Å²) >= 11 is 0. The third-order valence-corrected chi connectivity index (χ3v) is 6.81. The van der Waals surface area contributed by atoms with Gasteiger partial charge in [0.25, 0.3) is 0 Å². The number of halogens is 2. The van der Waals surface area contributed by atoms with Crippen LogP contribution in [-0.4, -0.2) is 61.5 Å². The Bertz CT molecular complexity index is 1530. The molecule has 3 saturated heterocycles. The number of hydrogen-bond acceptors (Lipinski definition) is 7. The molecule has 2 aromatic heterocycles. The molecule has 0 saturated carbocycles. The zero-order valence-electron chi connectivity index (χ0n) is 21.8. The fourth-order valence-electron chi connectivity index (χ4n) is 5.06. The predicted octanol–water partition coefficient (Wildman–Crippen LogP) is 4.87. The minimum Gasteiger partial charge on any atom is -0.472 e. The number of anilines is 1. The van der Waals surface area contributed by atoms with Gasteiger partial charge < -0.3 is 19.3 Å². The van der Waals surface area contributed by atoms with Crippen LogP contribution in [0.3, 0.4) is 0 Å². The van der Waals surface area contributed by atoms with E-state index in [0.29, 0.717) is 36.0 Å². The maximum atomic E-state index is 14.7. The molecule has 11 heteroatoms. The third-order valence-electron chi connectivity index (χ3n) is 6.81. The fourth-order valence-corrected chi connectivity index (χ4v) is 5.06. The molecule has 0 aliphatic carbocycles. The van der Waals surface area contributed by atoms with Crippen LogP contribution in [-0.2, 0) is 11.3 Å². The minimum absolute atomic E-state index is 0.00498. The molecule has 39 heavy (non-hydrogen) atoms. The standard InChI is InChI=1S/C28H28F2N6O3/c1-28(2,3)39-27(37)34-14-19-12-20(15-34)35(19)26-32-24-21(25(33-26)38-16-17-7-5-4-6-8-17)13-31-36(24)23-10-9-18(29)11-22(23)30/h4-11,13,19-20H,12,14-16H2,1-3H3. The largest absolute Gasteiger partial charge is 0.472 e. The van der Waals surface area contributed by atoms with Crippen molar-refractivity contribution < 1.29 is 23.0 Å². The predicted molar refractivity (Wildman–Crippen MR) is 140 cm³/mol. The van der Waals surface area contributed by atoms with E-state index in [1.54, 1.807) is 4.90 Å². The van der Waals surface area contributed by atoms with Gasteiger partial charge in [-0.15, -0.1) is 0 Å². The average molecular weight is 535 g/mol. The number of rotatable bonds is 5. The summed E-state index contributed by atoms with van der Waals surface area (Å²) in [5.41, 5.74) is 0.773. The van der Waals surface area contributed by atoms with E-state index in [1.807, 2.05) is 51.1 Å². The molecule has 2 atom stereocenters. The highest BCUT2D eigenvalue weighted by Crippen LogP contribution is 2.38. The summed E-state index contributed by atoms with van der Waals surface area (Å²) in [6.45, 7) is 6.73. The lowest BCUT2D eigenvalue weighted by Crippen LogP contribution is -2.70. The first-order chi connectivity index (χ1) is 18.7. The molecule has 3 fully saturated rings. The summed E-state index contributed by atoms with van der Waals surface area (Å²) in [7, 11) is 0. The Labute approximate surface area is 224 Å². The number of piperidine rings is 1. The number of nitrogens with zero attached hydrogens (tertiary/aromatic N) is 6. The molecule has 5 heterocycles. The van der Waals surface area contributed by atoms with Gasteiger partial charge in [-0.1, -0.05) is 30.3 Å². The van der Waals surface area contributed by atoms with Crippen LogP contribution in [0, 0.1) is 11.6 Å². The van der Waals surface area contributed by atoms with Crippen molar-refractivity contribution in [2.75, 3.05) is 18.0 Å². The third kappa shape index (κ3) is 4.84. The van der Waals surface area contributed by atoms with Gasteiger partial charge in [-0.2, -0.15) is 15.1 Å². The monoisotopic (exact) mass is 534 g/mol. The maximum Gasteiger partial charge on any atom is 0.410 e. The van der Waals surface area contributed by atoms with E-state index in [-0.39, 0.29) is 30.5 Å². The number of carbonyl (C=O) groups excluding carboxylic acids is 1. The van der Waals surface area contributed by atoms with Crippen molar-refractivity contribution in [1.29, 1.82) is 0 Å².